The van der Waals surface area contributed by atoms with Crippen molar-refractivity contribution in [3.63, 3.8) is 0 Å². The van der Waals surface area contributed by atoms with Crippen LogP contribution in [0.25, 0.3) is 62.7 Å². The van der Waals surface area contributed by atoms with E-state index >= 15 is 0 Å². The third kappa shape index (κ3) is 3.81. The molecule has 2 unspecified atom stereocenters. The van der Waals surface area contributed by atoms with Crippen molar-refractivity contribution in [2.45, 2.75) is 12.8 Å². The van der Waals surface area contributed by atoms with Gasteiger partial charge in [-0.1, -0.05) is 103 Å². The Kier molecular flexibility index (Phi) is 5.09. The highest BCUT2D eigenvalue weighted by Gasteiger charge is 2.26. The normalized spacial score (nSPS) is 17.8. The predicted octanol–water partition coefficient (Wildman–Crippen LogP) is 7.18. The molecule has 0 radical (unpaired) electrons. The maximum Gasteiger partial charge on any atom is 0.160 e. The van der Waals surface area contributed by atoms with Crippen LogP contribution >= 0.6 is 0 Å². The van der Waals surface area contributed by atoms with Crippen LogP contribution in [0.2, 0.25) is 0 Å². The first-order valence-corrected chi connectivity index (χ1v) is 13.6. The summed E-state index contributed by atoms with van der Waals surface area (Å²) in [6, 6.07) is 33.6. The van der Waals surface area contributed by atoms with Gasteiger partial charge in [-0.3, -0.25) is 0 Å². The SMILES string of the molecule is C1=CC(C2C=c3ccccc3=CC2)Cc2oc3cc(-c4nc(-c5ccccc5)c5ccccc5n4)ccc3c21. The van der Waals surface area contributed by atoms with E-state index in [1.165, 1.54) is 16.0 Å². The van der Waals surface area contributed by atoms with Gasteiger partial charge in [-0.15, -0.1) is 0 Å². The molecule has 6 aromatic rings. The molecule has 3 heteroatoms. The number of allylic oxidation sites excluding steroid dienone is 1. The van der Waals surface area contributed by atoms with Gasteiger partial charge in [0.1, 0.15) is 11.3 Å². The molecule has 8 rings (SSSR count). The number of nitrogens with zero attached hydrogens (tertiary/aromatic N) is 2. The molecule has 186 valence electrons. The molecule has 0 N–H and O–H groups in total. The van der Waals surface area contributed by atoms with E-state index in [-0.39, 0.29) is 0 Å². The molecule has 0 aliphatic heterocycles. The van der Waals surface area contributed by atoms with Crippen molar-refractivity contribution < 1.29 is 4.42 Å². The second kappa shape index (κ2) is 8.92. The van der Waals surface area contributed by atoms with Gasteiger partial charge in [0.15, 0.2) is 5.82 Å². The van der Waals surface area contributed by atoms with E-state index < -0.39 is 0 Å². The summed E-state index contributed by atoms with van der Waals surface area (Å²) in [5.41, 5.74) is 6.03. The van der Waals surface area contributed by atoms with Gasteiger partial charge in [0.25, 0.3) is 0 Å². The van der Waals surface area contributed by atoms with Crippen LogP contribution in [0.15, 0.2) is 108 Å². The lowest BCUT2D eigenvalue weighted by atomic mass is 9.80. The molecule has 0 amide bonds. The molecule has 2 heterocycles. The molecular weight excluding hydrogens is 476 g/mol. The average molecular weight is 503 g/mol. The molecule has 0 fully saturated rings. The summed E-state index contributed by atoms with van der Waals surface area (Å²) in [4.78, 5) is 9.98. The van der Waals surface area contributed by atoms with Crippen molar-refractivity contribution in [1.82, 2.24) is 9.97 Å². The standard InChI is InChI=1S/C36H26N2O/c1-2-9-24(10-3-1)35-31-12-6-7-13-32(31)37-36(38-35)28-17-19-30-29-18-16-27(21-33(29)39-34(30)22-28)26-15-14-23-8-4-5-11-25(23)20-26/h1-14,16-20,22,26-27H,15,21H2. The third-order valence-electron chi connectivity index (χ3n) is 8.19. The maximum atomic E-state index is 6.51. The van der Waals surface area contributed by atoms with Crippen LogP contribution in [0.5, 0.6) is 0 Å². The molecule has 2 aliphatic rings. The minimum absolute atomic E-state index is 0.430. The fourth-order valence-corrected chi connectivity index (χ4v) is 6.17. The fraction of sp³-hybridized carbons (Fsp3) is 0.111. The van der Waals surface area contributed by atoms with Gasteiger partial charge in [-0.25, -0.2) is 9.97 Å². The van der Waals surface area contributed by atoms with Crippen LogP contribution in [-0.2, 0) is 6.42 Å². The molecule has 2 atom stereocenters. The number of hydrogen-bond acceptors (Lipinski definition) is 3. The highest BCUT2D eigenvalue weighted by Crippen LogP contribution is 2.38. The van der Waals surface area contributed by atoms with E-state index in [4.69, 9.17) is 14.4 Å². The minimum atomic E-state index is 0.430. The molecule has 4 aromatic carbocycles. The molecule has 0 bridgehead atoms. The molecule has 0 spiro atoms. The summed E-state index contributed by atoms with van der Waals surface area (Å²) in [5.74, 6) is 2.70. The summed E-state index contributed by atoms with van der Waals surface area (Å²) < 4.78 is 6.51. The maximum absolute atomic E-state index is 6.51. The average Bonchev–Trinajstić information content (AvgIpc) is 3.38. The smallest absolute Gasteiger partial charge is 0.160 e. The topological polar surface area (TPSA) is 38.9 Å². The largest absolute Gasteiger partial charge is 0.460 e. The van der Waals surface area contributed by atoms with Gasteiger partial charge in [-0.2, -0.15) is 0 Å². The quantitative estimate of drug-likeness (QED) is 0.257. The molecular formula is C36H26N2O. The Morgan fingerprint density at radius 2 is 1.51 bits per heavy atom. The summed E-state index contributed by atoms with van der Waals surface area (Å²) in [6.07, 6.45) is 11.4. The minimum Gasteiger partial charge on any atom is -0.460 e. The summed E-state index contributed by atoms with van der Waals surface area (Å²) in [6.45, 7) is 0. The van der Waals surface area contributed by atoms with Crippen molar-refractivity contribution in [2.75, 3.05) is 0 Å². The van der Waals surface area contributed by atoms with Gasteiger partial charge in [0.05, 0.1) is 11.2 Å². The first-order chi connectivity index (χ1) is 19.3. The van der Waals surface area contributed by atoms with Crippen molar-refractivity contribution in [1.29, 1.82) is 0 Å². The summed E-state index contributed by atoms with van der Waals surface area (Å²) >= 11 is 0. The number of para-hydroxylation sites is 1. The zero-order valence-electron chi connectivity index (χ0n) is 21.4. The van der Waals surface area contributed by atoms with E-state index in [2.05, 4.69) is 91.0 Å². The van der Waals surface area contributed by atoms with Gasteiger partial charge in [0, 0.05) is 33.9 Å². The van der Waals surface area contributed by atoms with Crippen LogP contribution < -0.4 is 10.4 Å². The van der Waals surface area contributed by atoms with Gasteiger partial charge in [-0.05, 0) is 46.9 Å². The molecule has 0 saturated heterocycles. The van der Waals surface area contributed by atoms with Crippen molar-refractivity contribution in [3.8, 4) is 22.6 Å². The molecule has 0 saturated carbocycles. The van der Waals surface area contributed by atoms with E-state index in [9.17, 15) is 0 Å². The zero-order valence-corrected chi connectivity index (χ0v) is 21.4. The van der Waals surface area contributed by atoms with E-state index in [1.807, 2.05) is 30.3 Å². The lowest BCUT2D eigenvalue weighted by Crippen LogP contribution is -2.31. The monoisotopic (exact) mass is 502 g/mol. The number of benzene rings is 4. The number of aromatic nitrogens is 2. The highest BCUT2D eigenvalue weighted by molar-refractivity contribution is 5.95. The number of rotatable bonds is 3. The third-order valence-corrected chi connectivity index (χ3v) is 8.19. The zero-order chi connectivity index (χ0) is 25.8. The fourth-order valence-electron chi connectivity index (χ4n) is 6.17. The van der Waals surface area contributed by atoms with Crippen molar-refractivity contribution in [2.24, 2.45) is 11.8 Å². The number of fused-ring (bicyclic) bond motifs is 5. The Hall–Kier alpha value is -4.76. The van der Waals surface area contributed by atoms with Crippen LogP contribution in [0, 0.1) is 11.8 Å². The molecule has 39 heavy (non-hydrogen) atoms. The van der Waals surface area contributed by atoms with Crippen LogP contribution in [0.3, 0.4) is 0 Å². The second-order valence-corrected chi connectivity index (χ2v) is 10.6. The Bertz CT molecular complexity index is 2030. The van der Waals surface area contributed by atoms with E-state index in [0.29, 0.717) is 17.7 Å². The highest BCUT2D eigenvalue weighted by atomic mass is 16.3. The lowest BCUT2D eigenvalue weighted by Gasteiger charge is -2.24. The molecule has 2 aliphatic carbocycles. The molecule has 2 aromatic heterocycles. The van der Waals surface area contributed by atoms with E-state index in [0.717, 1.165) is 57.3 Å². The van der Waals surface area contributed by atoms with Crippen molar-refractivity contribution >= 4 is 40.1 Å². The Morgan fingerprint density at radius 3 is 2.44 bits per heavy atom. The van der Waals surface area contributed by atoms with Crippen molar-refractivity contribution in [3.05, 3.63) is 125 Å². The van der Waals surface area contributed by atoms with Gasteiger partial charge >= 0.3 is 0 Å². The number of hydrogen-bond donors (Lipinski definition) is 0. The predicted molar refractivity (Wildman–Crippen MR) is 159 cm³/mol. The lowest BCUT2D eigenvalue weighted by molar-refractivity contribution is 0.442. The van der Waals surface area contributed by atoms with Crippen LogP contribution in [-0.4, -0.2) is 9.97 Å². The van der Waals surface area contributed by atoms with Crippen LogP contribution in [0.4, 0.5) is 0 Å². The summed E-state index contributed by atoms with van der Waals surface area (Å²) in [7, 11) is 0. The van der Waals surface area contributed by atoms with Gasteiger partial charge in [0.2, 0.25) is 0 Å². The molecule has 3 nitrogen and oxygen atoms in total. The van der Waals surface area contributed by atoms with E-state index in [1.54, 1.807) is 0 Å². The first kappa shape index (κ1) is 22.2. The van der Waals surface area contributed by atoms with Gasteiger partial charge < -0.3 is 4.42 Å². The Balaban J connectivity index is 1.17. The number of furan rings is 1. The second-order valence-electron chi connectivity index (χ2n) is 10.6. The summed E-state index contributed by atoms with van der Waals surface area (Å²) in [5, 5.41) is 4.89. The van der Waals surface area contributed by atoms with Crippen LogP contribution in [0.1, 0.15) is 17.7 Å². The Labute approximate surface area is 226 Å². The first-order valence-electron chi connectivity index (χ1n) is 13.6. The Morgan fingerprint density at radius 1 is 0.692 bits per heavy atom.